The molecule has 0 aromatic heterocycles. The van der Waals surface area contributed by atoms with Gasteiger partial charge >= 0.3 is 5.97 Å². The highest BCUT2D eigenvalue weighted by Gasteiger charge is 2.28. The zero-order valence-electron chi connectivity index (χ0n) is 20.7. The van der Waals surface area contributed by atoms with Gasteiger partial charge in [0.05, 0.1) is 12.2 Å². The number of hydrogen-bond donors (Lipinski definition) is 0. The Morgan fingerprint density at radius 1 is 0.917 bits per heavy atom. The summed E-state index contributed by atoms with van der Waals surface area (Å²) in [5.74, 6) is -2.94. The highest BCUT2D eigenvalue weighted by atomic mass is 19.2. The molecule has 1 saturated carbocycles. The van der Waals surface area contributed by atoms with E-state index in [-0.39, 0.29) is 17.3 Å². The minimum Gasteiger partial charge on any atom is -0.493 e. The van der Waals surface area contributed by atoms with Crippen LogP contribution in [-0.2, 0) is 4.74 Å². The molecule has 3 nitrogen and oxygen atoms in total. The van der Waals surface area contributed by atoms with Crippen LogP contribution in [0, 0.1) is 24.4 Å². The molecule has 0 bridgehead atoms. The molecule has 1 fully saturated rings. The predicted octanol–water partition coefficient (Wildman–Crippen LogP) is 8.14. The normalized spacial score (nSPS) is 17.6. The molecule has 0 N–H and O–H groups in total. The Kier molecular flexibility index (Phi) is 8.34. The van der Waals surface area contributed by atoms with E-state index in [0.29, 0.717) is 49.2 Å². The van der Waals surface area contributed by atoms with Crippen molar-refractivity contribution in [2.24, 2.45) is 0 Å². The van der Waals surface area contributed by atoms with Gasteiger partial charge in [-0.1, -0.05) is 55.3 Å². The van der Waals surface area contributed by atoms with Crippen molar-refractivity contribution in [3.8, 4) is 16.9 Å². The highest BCUT2D eigenvalue weighted by molar-refractivity contribution is 5.90. The number of rotatable bonds is 8. The number of aryl methyl sites for hydroxylation is 1. The van der Waals surface area contributed by atoms with Crippen LogP contribution in [0.2, 0.25) is 0 Å². The Balaban J connectivity index is 1.36. The first-order valence-electron chi connectivity index (χ1n) is 12.6. The molecule has 0 atom stereocenters. The molecule has 0 spiro atoms. The van der Waals surface area contributed by atoms with E-state index in [4.69, 9.17) is 9.47 Å². The molecule has 3 aromatic carbocycles. The molecule has 0 aliphatic heterocycles. The van der Waals surface area contributed by atoms with Gasteiger partial charge in [-0.3, -0.25) is 0 Å². The SMILES string of the molecule is CCCCOc1ccc(C2CCC(OC(=O)c3ccc(-c4ccc(C)cc4)c(F)c3F)CC2)c(F)c1. The lowest BCUT2D eigenvalue weighted by atomic mass is 9.82. The van der Waals surface area contributed by atoms with Crippen molar-refractivity contribution in [3.05, 3.63) is 88.7 Å². The number of ether oxygens (including phenoxy) is 2. The summed E-state index contributed by atoms with van der Waals surface area (Å²) in [5, 5.41) is 0. The van der Waals surface area contributed by atoms with E-state index in [0.717, 1.165) is 18.4 Å². The van der Waals surface area contributed by atoms with E-state index in [2.05, 4.69) is 6.92 Å². The second kappa shape index (κ2) is 11.6. The summed E-state index contributed by atoms with van der Waals surface area (Å²) in [7, 11) is 0. The average molecular weight is 497 g/mol. The fourth-order valence-corrected chi connectivity index (χ4v) is 4.63. The van der Waals surface area contributed by atoms with Gasteiger partial charge in [0.25, 0.3) is 0 Å². The fraction of sp³-hybridized carbons (Fsp3) is 0.367. The van der Waals surface area contributed by atoms with Gasteiger partial charge in [-0.2, -0.15) is 0 Å². The number of carbonyl (C=O) groups is 1. The minimum atomic E-state index is -1.21. The average Bonchev–Trinajstić information content (AvgIpc) is 2.87. The van der Waals surface area contributed by atoms with E-state index >= 15 is 0 Å². The van der Waals surface area contributed by atoms with Gasteiger partial charge in [-0.15, -0.1) is 0 Å². The van der Waals surface area contributed by atoms with Gasteiger partial charge in [-0.05, 0) is 68.2 Å². The molecule has 6 heteroatoms. The molecule has 4 rings (SSSR count). The molecule has 1 aliphatic rings. The summed E-state index contributed by atoms with van der Waals surface area (Å²) in [4.78, 5) is 12.6. The minimum absolute atomic E-state index is 0.00705. The maximum atomic E-state index is 14.8. The molecule has 0 heterocycles. The van der Waals surface area contributed by atoms with Crippen LogP contribution in [0.3, 0.4) is 0 Å². The molecular weight excluding hydrogens is 465 g/mol. The zero-order chi connectivity index (χ0) is 25.7. The van der Waals surface area contributed by atoms with E-state index in [1.54, 1.807) is 24.3 Å². The lowest BCUT2D eigenvalue weighted by molar-refractivity contribution is 0.0188. The third kappa shape index (κ3) is 5.92. The number of carbonyl (C=O) groups excluding carboxylic acids is 1. The molecule has 0 amide bonds. The highest BCUT2D eigenvalue weighted by Crippen LogP contribution is 2.37. The second-order valence-electron chi connectivity index (χ2n) is 9.42. The first-order chi connectivity index (χ1) is 17.4. The number of halogens is 3. The summed E-state index contributed by atoms with van der Waals surface area (Å²) < 4.78 is 55.3. The molecule has 0 radical (unpaired) electrons. The number of benzene rings is 3. The third-order valence-electron chi connectivity index (χ3n) is 6.79. The monoisotopic (exact) mass is 496 g/mol. The van der Waals surface area contributed by atoms with Crippen molar-refractivity contribution in [1.29, 1.82) is 0 Å². The van der Waals surface area contributed by atoms with E-state index < -0.39 is 29.3 Å². The Morgan fingerprint density at radius 3 is 2.31 bits per heavy atom. The maximum absolute atomic E-state index is 14.8. The maximum Gasteiger partial charge on any atom is 0.341 e. The standard InChI is InChI=1S/C30H31F3O3/c1-3-4-17-35-23-13-14-24(27(31)18-23)20-9-11-22(12-10-20)36-30(34)26-16-15-25(28(32)29(26)33)21-7-5-19(2)6-8-21/h5-8,13-16,18,20,22H,3-4,9-12,17H2,1-2H3. The van der Waals surface area contributed by atoms with Crippen LogP contribution in [0.25, 0.3) is 11.1 Å². The van der Waals surface area contributed by atoms with Gasteiger partial charge in [0.2, 0.25) is 0 Å². The molecular formula is C30H31F3O3. The van der Waals surface area contributed by atoms with Crippen LogP contribution in [0.1, 0.15) is 72.9 Å². The van der Waals surface area contributed by atoms with Crippen molar-refractivity contribution in [2.45, 2.75) is 64.4 Å². The number of esters is 1. The van der Waals surface area contributed by atoms with Gasteiger partial charge in [0.15, 0.2) is 11.6 Å². The van der Waals surface area contributed by atoms with Crippen LogP contribution in [0.15, 0.2) is 54.6 Å². The quantitative estimate of drug-likeness (QED) is 0.233. The van der Waals surface area contributed by atoms with Crippen molar-refractivity contribution in [3.63, 3.8) is 0 Å². The molecule has 3 aromatic rings. The molecule has 1 aliphatic carbocycles. The van der Waals surface area contributed by atoms with Gasteiger partial charge in [0.1, 0.15) is 17.7 Å². The Hall–Kier alpha value is -3.28. The molecule has 0 saturated heterocycles. The lowest BCUT2D eigenvalue weighted by Crippen LogP contribution is -2.25. The van der Waals surface area contributed by atoms with Crippen molar-refractivity contribution < 1.29 is 27.4 Å². The van der Waals surface area contributed by atoms with Gasteiger partial charge in [0, 0.05) is 11.6 Å². The topological polar surface area (TPSA) is 35.5 Å². The fourth-order valence-electron chi connectivity index (χ4n) is 4.63. The Bertz CT molecular complexity index is 1200. The van der Waals surface area contributed by atoms with Crippen LogP contribution in [0.4, 0.5) is 13.2 Å². The Labute approximate surface area is 210 Å². The summed E-state index contributed by atoms with van der Waals surface area (Å²) >= 11 is 0. The Morgan fingerprint density at radius 2 is 1.64 bits per heavy atom. The number of hydrogen-bond acceptors (Lipinski definition) is 3. The summed E-state index contributed by atoms with van der Waals surface area (Å²) in [6.45, 7) is 4.53. The largest absolute Gasteiger partial charge is 0.493 e. The lowest BCUT2D eigenvalue weighted by Gasteiger charge is -2.29. The third-order valence-corrected chi connectivity index (χ3v) is 6.79. The smallest absolute Gasteiger partial charge is 0.341 e. The van der Waals surface area contributed by atoms with Gasteiger partial charge < -0.3 is 9.47 Å². The van der Waals surface area contributed by atoms with Crippen molar-refractivity contribution >= 4 is 5.97 Å². The molecule has 190 valence electrons. The summed E-state index contributed by atoms with van der Waals surface area (Å²) in [6.07, 6.45) is 3.82. The second-order valence-corrected chi connectivity index (χ2v) is 9.42. The van der Waals surface area contributed by atoms with E-state index in [1.807, 2.05) is 19.1 Å². The van der Waals surface area contributed by atoms with Crippen molar-refractivity contribution in [2.75, 3.05) is 6.61 Å². The zero-order valence-corrected chi connectivity index (χ0v) is 20.7. The first kappa shape index (κ1) is 25.8. The number of unbranched alkanes of at least 4 members (excludes halogenated alkanes) is 1. The van der Waals surface area contributed by atoms with E-state index in [9.17, 15) is 18.0 Å². The van der Waals surface area contributed by atoms with Gasteiger partial charge in [-0.25, -0.2) is 18.0 Å². The summed E-state index contributed by atoms with van der Waals surface area (Å²) in [6, 6.07) is 14.7. The summed E-state index contributed by atoms with van der Waals surface area (Å²) in [5.41, 5.74) is 1.83. The van der Waals surface area contributed by atoms with E-state index in [1.165, 1.54) is 18.2 Å². The molecule has 36 heavy (non-hydrogen) atoms. The van der Waals surface area contributed by atoms with Crippen LogP contribution in [-0.4, -0.2) is 18.7 Å². The van der Waals surface area contributed by atoms with Crippen LogP contribution >= 0.6 is 0 Å². The van der Waals surface area contributed by atoms with Crippen LogP contribution in [0.5, 0.6) is 5.75 Å². The van der Waals surface area contributed by atoms with Crippen molar-refractivity contribution in [1.82, 2.24) is 0 Å². The van der Waals surface area contributed by atoms with Crippen LogP contribution < -0.4 is 4.74 Å². The predicted molar refractivity (Wildman–Crippen MR) is 134 cm³/mol. The first-order valence-corrected chi connectivity index (χ1v) is 12.6. The molecule has 0 unspecified atom stereocenters.